The van der Waals surface area contributed by atoms with Crippen molar-refractivity contribution < 1.29 is 4.74 Å². The summed E-state index contributed by atoms with van der Waals surface area (Å²) in [5.41, 5.74) is 0. The van der Waals surface area contributed by atoms with Gasteiger partial charge >= 0.3 is 0 Å². The van der Waals surface area contributed by atoms with Crippen LogP contribution in [-0.2, 0) is 4.74 Å². The molecule has 0 amide bonds. The van der Waals surface area contributed by atoms with Crippen LogP contribution < -0.4 is 0 Å². The highest BCUT2D eigenvalue weighted by Crippen LogP contribution is 2.16. The summed E-state index contributed by atoms with van der Waals surface area (Å²) in [6.07, 6.45) is 7.91. The molecule has 0 aromatic carbocycles. The second-order valence-electron chi connectivity index (χ2n) is 2.58. The molecule has 1 saturated heterocycles. The fourth-order valence-electron chi connectivity index (χ4n) is 0.948. The molecular weight excluding hydrogens is 112 g/mol. The van der Waals surface area contributed by atoms with Crippen LogP contribution >= 0.6 is 0 Å². The van der Waals surface area contributed by atoms with Gasteiger partial charge in [0.15, 0.2) is 0 Å². The van der Waals surface area contributed by atoms with E-state index in [1.165, 1.54) is 25.7 Å². The molecule has 1 rings (SSSR count). The first-order chi connectivity index (χ1) is 4.43. The zero-order valence-corrected chi connectivity index (χ0v) is 6.10. The Bertz CT molecular complexity index is 67.0. The molecule has 1 fully saturated rings. The predicted molar refractivity (Wildman–Crippen MR) is 38.2 cm³/mol. The van der Waals surface area contributed by atoms with E-state index < -0.39 is 0 Å². The van der Waals surface area contributed by atoms with E-state index in [1.54, 1.807) is 0 Å². The minimum Gasteiger partial charge on any atom is -0.378 e. The predicted octanol–water partition coefficient (Wildman–Crippen LogP) is 2.17. The third kappa shape index (κ3) is 2.35. The smallest absolute Gasteiger partial charge is 0.0628 e. The van der Waals surface area contributed by atoms with Crippen molar-refractivity contribution in [3.05, 3.63) is 6.42 Å². The molecule has 1 radical (unpaired) electrons. The minimum atomic E-state index is 0.511. The van der Waals surface area contributed by atoms with Gasteiger partial charge in [0, 0.05) is 6.61 Å². The summed E-state index contributed by atoms with van der Waals surface area (Å²) < 4.78 is 5.22. The van der Waals surface area contributed by atoms with Gasteiger partial charge in [-0.1, -0.05) is 19.8 Å². The highest BCUT2D eigenvalue weighted by Gasteiger charge is 2.16. The lowest BCUT2D eigenvalue weighted by atomic mass is 10.1. The summed E-state index contributed by atoms with van der Waals surface area (Å²) in [5.74, 6) is 0. The quantitative estimate of drug-likeness (QED) is 0.526. The van der Waals surface area contributed by atoms with Crippen LogP contribution in [-0.4, -0.2) is 12.7 Å². The lowest BCUT2D eigenvalue weighted by Crippen LogP contribution is -2.26. The summed E-state index contributed by atoms with van der Waals surface area (Å²) in [6.45, 7) is 3.20. The topological polar surface area (TPSA) is 9.23 Å². The number of rotatable bonds is 4. The van der Waals surface area contributed by atoms with Gasteiger partial charge < -0.3 is 4.74 Å². The van der Waals surface area contributed by atoms with Crippen LogP contribution in [0.15, 0.2) is 0 Å². The van der Waals surface area contributed by atoms with Gasteiger partial charge in [0.1, 0.15) is 0 Å². The first-order valence-corrected chi connectivity index (χ1v) is 3.88. The summed E-state index contributed by atoms with van der Waals surface area (Å²) in [7, 11) is 0. The summed E-state index contributed by atoms with van der Waals surface area (Å²) in [6, 6.07) is 0. The molecule has 9 heavy (non-hydrogen) atoms. The van der Waals surface area contributed by atoms with E-state index in [0.717, 1.165) is 6.61 Å². The number of unbranched alkanes of at least 4 members (excludes halogenated alkanes) is 2. The fraction of sp³-hybridized carbons (Fsp3) is 0.875. The molecule has 53 valence electrons. The zero-order valence-electron chi connectivity index (χ0n) is 6.10. The Balaban J connectivity index is 1.80. The average molecular weight is 127 g/mol. The molecule has 1 heterocycles. The Morgan fingerprint density at radius 1 is 1.67 bits per heavy atom. The standard InChI is InChI=1S/C8H15O/c1-2-3-4-5-8-6-7-9-8/h5,8H,2-4,6-7H2,1H3. The van der Waals surface area contributed by atoms with Gasteiger partial charge in [-0.3, -0.25) is 0 Å². The Hall–Kier alpha value is -0.0400. The van der Waals surface area contributed by atoms with E-state index in [-0.39, 0.29) is 0 Å². The zero-order chi connectivity index (χ0) is 6.53. The van der Waals surface area contributed by atoms with Crippen molar-refractivity contribution in [1.82, 2.24) is 0 Å². The highest BCUT2D eigenvalue weighted by molar-refractivity contribution is 4.81. The van der Waals surface area contributed by atoms with E-state index >= 15 is 0 Å². The van der Waals surface area contributed by atoms with Gasteiger partial charge in [-0.05, 0) is 19.3 Å². The van der Waals surface area contributed by atoms with Gasteiger partial charge in [-0.25, -0.2) is 0 Å². The van der Waals surface area contributed by atoms with Crippen LogP contribution in [0.2, 0.25) is 0 Å². The van der Waals surface area contributed by atoms with Crippen LogP contribution in [0.4, 0.5) is 0 Å². The van der Waals surface area contributed by atoms with Gasteiger partial charge in [-0.15, -0.1) is 0 Å². The van der Waals surface area contributed by atoms with Crippen LogP contribution in [0.3, 0.4) is 0 Å². The SMILES string of the molecule is CCCC[CH]C1CCO1. The minimum absolute atomic E-state index is 0.511. The first kappa shape index (κ1) is 7.07. The van der Waals surface area contributed by atoms with Crippen molar-refractivity contribution in [3.8, 4) is 0 Å². The monoisotopic (exact) mass is 127 g/mol. The maximum absolute atomic E-state index is 5.22. The molecule has 1 aliphatic heterocycles. The largest absolute Gasteiger partial charge is 0.378 e. The van der Waals surface area contributed by atoms with E-state index in [9.17, 15) is 0 Å². The highest BCUT2D eigenvalue weighted by atomic mass is 16.5. The fourth-order valence-corrected chi connectivity index (χ4v) is 0.948. The maximum atomic E-state index is 5.22. The second-order valence-corrected chi connectivity index (χ2v) is 2.58. The van der Waals surface area contributed by atoms with Crippen molar-refractivity contribution in [3.63, 3.8) is 0 Å². The summed E-state index contributed by atoms with van der Waals surface area (Å²) >= 11 is 0. The summed E-state index contributed by atoms with van der Waals surface area (Å²) in [4.78, 5) is 0. The van der Waals surface area contributed by atoms with Gasteiger partial charge in [0.05, 0.1) is 6.10 Å². The van der Waals surface area contributed by atoms with E-state index in [0.29, 0.717) is 6.10 Å². The summed E-state index contributed by atoms with van der Waals surface area (Å²) in [5, 5.41) is 0. The molecule has 1 atom stereocenters. The third-order valence-corrected chi connectivity index (χ3v) is 1.72. The van der Waals surface area contributed by atoms with Crippen LogP contribution in [0.25, 0.3) is 0 Å². The molecule has 0 saturated carbocycles. The molecule has 1 aliphatic rings. The lowest BCUT2D eigenvalue weighted by Gasteiger charge is -2.25. The molecule has 0 N–H and O–H groups in total. The van der Waals surface area contributed by atoms with Gasteiger partial charge in [-0.2, -0.15) is 0 Å². The van der Waals surface area contributed by atoms with E-state index in [4.69, 9.17) is 4.74 Å². The van der Waals surface area contributed by atoms with Crippen LogP contribution in [0, 0.1) is 6.42 Å². The Kier molecular flexibility index (Phi) is 3.05. The van der Waals surface area contributed by atoms with Crippen LogP contribution in [0.1, 0.15) is 32.6 Å². The normalized spacial score (nSPS) is 25.7. The molecule has 0 aromatic rings. The van der Waals surface area contributed by atoms with E-state index in [1.807, 2.05) is 0 Å². The molecule has 1 nitrogen and oxygen atoms in total. The Morgan fingerprint density at radius 3 is 2.89 bits per heavy atom. The van der Waals surface area contributed by atoms with Crippen molar-refractivity contribution in [2.45, 2.75) is 38.7 Å². The third-order valence-electron chi connectivity index (χ3n) is 1.72. The Morgan fingerprint density at radius 2 is 2.44 bits per heavy atom. The molecule has 0 bridgehead atoms. The lowest BCUT2D eigenvalue weighted by molar-refractivity contribution is -0.0306. The second kappa shape index (κ2) is 3.89. The molecule has 1 unspecified atom stereocenters. The number of ether oxygens (including phenoxy) is 1. The average Bonchev–Trinajstić information content (AvgIpc) is 1.76. The Labute approximate surface area is 57.4 Å². The van der Waals surface area contributed by atoms with Crippen molar-refractivity contribution in [1.29, 1.82) is 0 Å². The van der Waals surface area contributed by atoms with E-state index in [2.05, 4.69) is 13.3 Å². The molecular formula is C8H15O. The first-order valence-electron chi connectivity index (χ1n) is 3.88. The number of hydrogen-bond acceptors (Lipinski definition) is 1. The van der Waals surface area contributed by atoms with Crippen molar-refractivity contribution in [2.75, 3.05) is 6.61 Å². The molecule has 0 aromatic heterocycles. The maximum Gasteiger partial charge on any atom is 0.0628 e. The molecule has 1 heteroatoms. The van der Waals surface area contributed by atoms with Crippen molar-refractivity contribution >= 4 is 0 Å². The van der Waals surface area contributed by atoms with Crippen LogP contribution in [0.5, 0.6) is 0 Å². The number of hydrogen-bond donors (Lipinski definition) is 0. The molecule has 0 spiro atoms. The molecule has 0 aliphatic carbocycles. The van der Waals surface area contributed by atoms with Crippen molar-refractivity contribution in [2.24, 2.45) is 0 Å². The van der Waals surface area contributed by atoms with Gasteiger partial charge in [0.25, 0.3) is 0 Å². The van der Waals surface area contributed by atoms with Gasteiger partial charge in [0.2, 0.25) is 0 Å².